The summed E-state index contributed by atoms with van der Waals surface area (Å²) < 4.78 is 29.8. The van der Waals surface area contributed by atoms with E-state index in [1.165, 1.54) is 17.3 Å². The number of hydrogen-bond acceptors (Lipinski definition) is 6. The van der Waals surface area contributed by atoms with Crippen molar-refractivity contribution in [3.05, 3.63) is 54.1 Å². The Morgan fingerprint density at radius 3 is 2.61 bits per heavy atom. The number of fused-ring (bicyclic) bond motifs is 3. The standard InChI is InChI=1S/C26H31N5O3S2/c1-18-8-6-7-15-30(18)36(33,34)21-13-11-20(12-14-21)27-23(32)17-35-25-29-28-24-22-10-5-4-9-19(22)16-26(2,3)31(24)25/h4-5,9-14,18H,6-8,15-17H2,1-3H3,(H,27,32)/t18-/m1/s1. The molecule has 10 heteroatoms. The van der Waals surface area contributed by atoms with Crippen LogP contribution in [0.25, 0.3) is 11.4 Å². The number of piperidine rings is 1. The Balaban J connectivity index is 1.25. The lowest BCUT2D eigenvalue weighted by Crippen LogP contribution is -2.41. The summed E-state index contributed by atoms with van der Waals surface area (Å²) in [4.78, 5) is 12.9. The van der Waals surface area contributed by atoms with Crippen molar-refractivity contribution in [2.24, 2.45) is 0 Å². The van der Waals surface area contributed by atoms with Crippen LogP contribution in [0.15, 0.2) is 58.6 Å². The molecule has 1 fully saturated rings. The fourth-order valence-corrected chi connectivity index (χ4v) is 7.72. The number of anilines is 1. The Morgan fingerprint density at radius 2 is 1.86 bits per heavy atom. The third-order valence-corrected chi connectivity index (χ3v) is 9.90. The lowest BCUT2D eigenvalue weighted by molar-refractivity contribution is -0.113. The van der Waals surface area contributed by atoms with Gasteiger partial charge in [0, 0.05) is 29.4 Å². The second-order valence-corrected chi connectivity index (χ2v) is 12.9. The van der Waals surface area contributed by atoms with Crippen LogP contribution in [0.3, 0.4) is 0 Å². The maximum absolute atomic E-state index is 13.0. The molecular formula is C26H31N5O3S2. The van der Waals surface area contributed by atoms with Crippen LogP contribution in [0.5, 0.6) is 0 Å². The molecule has 0 unspecified atom stereocenters. The number of carbonyl (C=O) groups excluding carboxylic acids is 1. The van der Waals surface area contributed by atoms with Crippen LogP contribution in [0.4, 0.5) is 5.69 Å². The molecule has 1 saturated heterocycles. The highest BCUT2D eigenvalue weighted by Gasteiger charge is 2.34. The van der Waals surface area contributed by atoms with Gasteiger partial charge >= 0.3 is 0 Å². The summed E-state index contributed by atoms with van der Waals surface area (Å²) in [5.41, 5.74) is 2.68. The molecule has 36 heavy (non-hydrogen) atoms. The van der Waals surface area contributed by atoms with Crippen molar-refractivity contribution in [1.82, 2.24) is 19.1 Å². The van der Waals surface area contributed by atoms with E-state index in [0.717, 1.165) is 37.1 Å². The first-order valence-corrected chi connectivity index (χ1v) is 14.7. The summed E-state index contributed by atoms with van der Waals surface area (Å²) in [6.07, 6.45) is 3.68. The number of aromatic nitrogens is 3. The molecule has 0 bridgehead atoms. The minimum Gasteiger partial charge on any atom is -0.325 e. The molecule has 1 N–H and O–H groups in total. The molecule has 2 aliphatic rings. The predicted octanol–water partition coefficient (Wildman–Crippen LogP) is 4.53. The van der Waals surface area contributed by atoms with Crippen LogP contribution < -0.4 is 5.32 Å². The van der Waals surface area contributed by atoms with Crippen LogP contribution in [0, 0.1) is 0 Å². The third kappa shape index (κ3) is 4.69. The maximum Gasteiger partial charge on any atom is 0.243 e. The lowest BCUT2D eigenvalue weighted by atomic mass is 9.87. The van der Waals surface area contributed by atoms with Crippen molar-refractivity contribution in [3.63, 3.8) is 0 Å². The molecule has 2 aliphatic heterocycles. The minimum atomic E-state index is -3.54. The Kier molecular flexibility index (Phi) is 6.69. The highest BCUT2D eigenvalue weighted by Crippen LogP contribution is 2.39. The summed E-state index contributed by atoms with van der Waals surface area (Å²) in [6.45, 7) is 6.81. The van der Waals surface area contributed by atoms with Gasteiger partial charge in [0.2, 0.25) is 15.9 Å². The van der Waals surface area contributed by atoms with E-state index >= 15 is 0 Å². The number of nitrogens with one attached hydrogen (secondary N) is 1. The van der Waals surface area contributed by atoms with E-state index in [1.807, 2.05) is 19.1 Å². The number of benzene rings is 2. The first-order chi connectivity index (χ1) is 17.2. The fourth-order valence-electron chi connectivity index (χ4n) is 5.12. The molecule has 1 aromatic heterocycles. The zero-order valence-corrected chi connectivity index (χ0v) is 22.4. The first-order valence-electron chi connectivity index (χ1n) is 12.3. The van der Waals surface area contributed by atoms with Crippen molar-refractivity contribution in [3.8, 4) is 11.4 Å². The van der Waals surface area contributed by atoms with Gasteiger partial charge in [0.05, 0.1) is 10.6 Å². The highest BCUT2D eigenvalue weighted by atomic mass is 32.2. The number of carbonyl (C=O) groups is 1. The van der Waals surface area contributed by atoms with Crippen LogP contribution in [0.1, 0.15) is 45.6 Å². The number of hydrogen-bond donors (Lipinski definition) is 1. The molecule has 0 spiro atoms. The quantitative estimate of drug-likeness (QED) is 0.475. The smallest absolute Gasteiger partial charge is 0.243 e. The zero-order chi connectivity index (χ0) is 25.5. The first kappa shape index (κ1) is 25.0. The van der Waals surface area contributed by atoms with E-state index in [2.05, 4.69) is 46.1 Å². The lowest BCUT2D eigenvalue weighted by Gasteiger charge is -2.34. The third-order valence-electron chi connectivity index (χ3n) is 6.94. The Morgan fingerprint density at radius 1 is 1.11 bits per heavy atom. The minimum absolute atomic E-state index is 0.00140. The van der Waals surface area contributed by atoms with Crippen LogP contribution in [-0.2, 0) is 26.8 Å². The van der Waals surface area contributed by atoms with Gasteiger partial charge < -0.3 is 5.32 Å². The predicted molar refractivity (Wildman–Crippen MR) is 141 cm³/mol. The zero-order valence-electron chi connectivity index (χ0n) is 20.8. The van der Waals surface area contributed by atoms with Crippen molar-refractivity contribution in [2.45, 2.75) is 68.1 Å². The molecule has 5 rings (SSSR count). The monoisotopic (exact) mass is 525 g/mol. The molecule has 2 aromatic carbocycles. The Labute approximate surface area is 216 Å². The average Bonchev–Trinajstić information content (AvgIpc) is 3.29. The molecule has 0 radical (unpaired) electrons. The number of thioether (sulfide) groups is 1. The van der Waals surface area contributed by atoms with Gasteiger partial charge in [-0.05, 0) is 69.9 Å². The molecule has 3 aromatic rings. The van der Waals surface area contributed by atoms with Gasteiger partial charge in [-0.15, -0.1) is 10.2 Å². The average molecular weight is 526 g/mol. The largest absolute Gasteiger partial charge is 0.325 e. The van der Waals surface area contributed by atoms with Gasteiger partial charge in [0.15, 0.2) is 11.0 Å². The van der Waals surface area contributed by atoms with Gasteiger partial charge in [0.25, 0.3) is 0 Å². The van der Waals surface area contributed by atoms with Gasteiger partial charge in [0.1, 0.15) is 0 Å². The van der Waals surface area contributed by atoms with E-state index in [1.54, 1.807) is 28.6 Å². The van der Waals surface area contributed by atoms with E-state index in [-0.39, 0.29) is 28.1 Å². The molecule has 3 heterocycles. The molecule has 0 aliphatic carbocycles. The molecule has 1 atom stereocenters. The van der Waals surface area contributed by atoms with Crippen molar-refractivity contribution >= 4 is 33.4 Å². The second-order valence-electron chi connectivity index (χ2n) is 10.1. The molecule has 190 valence electrons. The summed E-state index contributed by atoms with van der Waals surface area (Å²) in [5.74, 6) is 0.803. The van der Waals surface area contributed by atoms with Gasteiger partial charge in [-0.2, -0.15) is 4.31 Å². The Bertz CT molecular complexity index is 1380. The molecule has 8 nitrogen and oxygen atoms in total. The summed E-state index contributed by atoms with van der Waals surface area (Å²) >= 11 is 1.35. The molecular weight excluding hydrogens is 494 g/mol. The van der Waals surface area contributed by atoms with Gasteiger partial charge in [-0.1, -0.05) is 42.4 Å². The van der Waals surface area contributed by atoms with E-state index in [0.29, 0.717) is 17.4 Å². The number of sulfonamides is 1. The van der Waals surface area contributed by atoms with Crippen LogP contribution >= 0.6 is 11.8 Å². The molecule has 0 saturated carbocycles. The van der Waals surface area contributed by atoms with Crippen LogP contribution in [0.2, 0.25) is 0 Å². The van der Waals surface area contributed by atoms with Crippen LogP contribution in [-0.4, -0.2) is 51.7 Å². The number of nitrogens with zero attached hydrogens (tertiary/aromatic N) is 4. The van der Waals surface area contributed by atoms with Gasteiger partial charge in [-0.25, -0.2) is 8.42 Å². The Hall–Kier alpha value is -2.69. The summed E-state index contributed by atoms with van der Waals surface area (Å²) in [5, 5.41) is 12.4. The SMILES string of the molecule is C[C@@H]1CCCCN1S(=O)(=O)c1ccc(NC(=O)CSc2nnc3n2C(C)(C)Cc2ccccc2-3)cc1. The van der Waals surface area contributed by atoms with Gasteiger partial charge in [-0.3, -0.25) is 9.36 Å². The topological polar surface area (TPSA) is 97.2 Å². The number of rotatable bonds is 6. The second kappa shape index (κ2) is 9.64. The number of amides is 1. The van der Waals surface area contributed by atoms with Crippen molar-refractivity contribution in [1.29, 1.82) is 0 Å². The van der Waals surface area contributed by atoms with E-state index < -0.39 is 10.0 Å². The summed E-state index contributed by atoms with van der Waals surface area (Å²) in [7, 11) is -3.54. The van der Waals surface area contributed by atoms with Crippen molar-refractivity contribution < 1.29 is 13.2 Å². The fraction of sp³-hybridized carbons (Fsp3) is 0.423. The van der Waals surface area contributed by atoms with E-state index in [9.17, 15) is 13.2 Å². The summed E-state index contributed by atoms with van der Waals surface area (Å²) in [6, 6.07) is 14.6. The highest BCUT2D eigenvalue weighted by molar-refractivity contribution is 7.99. The van der Waals surface area contributed by atoms with E-state index in [4.69, 9.17) is 0 Å². The maximum atomic E-state index is 13.0. The normalized spacial score (nSPS) is 19.4. The molecule has 1 amide bonds. The van der Waals surface area contributed by atoms with Crippen molar-refractivity contribution in [2.75, 3.05) is 17.6 Å².